The SMILES string of the molecule is CSC(CO)C(C)NC(=O)c1cccc(I)c1. The topological polar surface area (TPSA) is 49.3 Å². The van der Waals surface area contributed by atoms with Gasteiger partial charge in [-0.15, -0.1) is 0 Å². The summed E-state index contributed by atoms with van der Waals surface area (Å²) in [6.07, 6.45) is 1.93. The molecule has 5 heteroatoms. The fourth-order valence-electron chi connectivity index (χ4n) is 1.45. The molecule has 94 valence electrons. The second-order valence-electron chi connectivity index (χ2n) is 3.73. The highest BCUT2D eigenvalue weighted by atomic mass is 127. The fraction of sp³-hybridized carbons (Fsp3) is 0.417. The molecule has 0 radical (unpaired) electrons. The van der Waals surface area contributed by atoms with Gasteiger partial charge in [-0.1, -0.05) is 6.07 Å². The number of rotatable bonds is 5. The van der Waals surface area contributed by atoms with Gasteiger partial charge in [0.1, 0.15) is 0 Å². The number of benzene rings is 1. The smallest absolute Gasteiger partial charge is 0.251 e. The molecule has 2 N–H and O–H groups in total. The monoisotopic (exact) mass is 365 g/mol. The minimum atomic E-state index is -0.0940. The van der Waals surface area contributed by atoms with Gasteiger partial charge in [-0.3, -0.25) is 4.79 Å². The summed E-state index contributed by atoms with van der Waals surface area (Å²) in [5, 5.41) is 12.1. The second-order valence-corrected chi connectivity index (χ2v) is 6.05. The first-order valence-corrected chi connectivity index (χ1v) is 7.65. The summed E-state index contributed by atoms with van der Waals surface area (Å²) < 4.78 is 1.03. The Balaban J connectivity index is 2.66. The van der Waals surface area contributed by atoms with Crippen molar-refractivity contribution in [2.75, 3.05) is 12.9 Å². The summed E-state index contributed by atoms with van der Waals surface area (Å²) in [5.74, 6) is -0.0940. The molecule has 0 aliphatic heterocycles. The summed E-state index contributed by atoms with van der Waals surface area (Å²) in [7, 11) is 0. The highest BCUT2D eigenvalue weighted by molar-refractivity contribution is 14.1. The number of aliphatic hydroxyl groups is 1. The normalized spacial score (nSPS) is 14.1. The van der Waals surface area contributed by atoms with Crippen LogP contribution in [0.5, 0.6) is 0 Å². The van der Waals surface area contributed by atoms with E-state index in [9.17, 15) is 4.79 Å². The molecule has 0 aliphatic carbocycles. The van der Waals surface area contributed by atoms with E-state index in [4.69, 9.17) is 5.11 Å². The lowest BCUT2D eigenvalue weighted by molar-refractivity contribution is 0.0936. The number of halogens is 1. The zero-order valence-corrected chi connectivity index (χ0v) is 12.8. The van der Waals surface area contributed by atoms with Gasteiger partial charge in [-0.05, 0) is 54.0 Å². The minimum absolute atomic E-state index is 0.0294. The van der Waals surface area contributed by atoms with Crippen LogP contribution in [0, 0.1) is 3.57 Å². The fourth-order valence-corrected chi connectivity index (χ4v) is 2.62. The molecule has 0 heterocycles. The molecule has 17 heavy (non-hydrogen) atoms. The van der Waals surface area contributed by atoms with Crippen molar-refractivity contribution in [3.8, 4) is 0 Å². The Labute approximate surface area is 120 Å². The van der Waals surface area contributed by atoms with Crippen LogP contribution in [0.2, 0.25) is 0 Å². The number of hydrogen-bond acceptors (Lipinski definition) is 3. The van der Waals surface area contributed by atoms with Crippen LogP contribution in [-0.2, 0) is 0 Å². The Morgan fingerprint density at radius 3 is 2.82 bits per heavy atom. The number of hydrogen-bond donors (Lipinski definition) is 2. The van der Waals surface area contributed by atoms with Gasteiger partial charge in [0.2, 0.25) is 0 Å². The maximum Gasteiger partial charge on any atom is 0.251 e. The molecule has 2 atom stereocenters. The molecule has 0 spiro atoms. The molecule has 0 aliphatic rings. The van der Waals surface area contributed by atoms with E-state index >= 15 is 0 Å². The second kappa shape index (κ2) is 7.23. The van der Waals surface area contributed by atoms with Crippen molar-refractivity contribution in [3.63, 3.8) is 0 Å². The first-order chi connectivity index (χ1) is 8.08. The highest BCUT2D eigenvalue weighted by Crippen LogP contribution is 2.12. The van der Waals surface area contributed by atoms with Crippen LogP contribution in [-0.4, -0.2) is 35.2 Å². The zero-order chi connectivity index (χ0) is 12.8. The number of carbonyl (C=O) groups excluding carboxylic acids is 1. The van der Waals surface area contributed by atoms with Crippen LogP contribution < -0.4 is 5.32 Å². The van der Waals surface area contributed by atoms with Crippen LogP contribution in [0.1, 0.15) is 17.3 Å². The van der Waals surface area contributed by atoms with E-state index in [0.717, 1.165) is 3.57 Å². The summed E-state index contributed by atoms with van der Waals surface area (Å²) in [6, 6.07) is 7.38. The molecular formula is C12H16INO2S. The van der Waals surface area contributed by atoms with Crippen LogP contribution in [0.15, 0.2) is 24.3 Å². The first-order valence-electron chi connectivity index (χ1n) is 5.28. The van der Waals surface area contributed by atoms with Crippen molar-refractivity contribution in [2.45, 2.75) is 18.2 Å². The van der Waals surface area contributed by atoms with E-state index in [1.165, 1.54) is 0 Å². The van der Waals surface area contributed by atoms with Crippen LogP contribution >= 0.6 is 34.4 Å². The average molecular weight is 365 g/mol. The predicted molar refractivity (Wildman–Crippen MR) is 80.5 cm³/mol. The maximum atomic E-state index is 11.9. The van der Waals surface area contributed by atoms with Crippen molar-refractivity contribution < 1.29 is 9.90 Å². The Kier molecular flexibility index (Phi) is 6.29. The zero-order valence-electron chi connectivity index (χ0n) is 9.81. The predicted octanol–water partition coefficient (Wildman–Crippen LogP) is 2.13. The lowest BCUT2D eigenvalue weighted by atomic mass is 10.2. The number of nitrogens with one attached hydrogen (secondary N) is 1. The lowest BCUT2D eigenvalue weighted by Crippen LogP contribution is -2.41. The van der Waals surface area contributed by atoms with E-state index in [1.54, 1.807) is 17.8 Å². The molecule has 1 rings (SSSR count). The van der Waals surface area contributed by atoms with Crippen LogP contribution in [0.25, 0.3) is 0 Å². The van der Waals surface area contributed by atoms with Gasteiger partial charge in [-0.25, -0.2) is 0 Å². The molecule has 0 bridgehead atoms. The van der Waals surface area contributed by atoms with Gasteiger partial charge >= 0.3 is 0 Å². The molecule has 2 unspecified atom stereocenters. The van der Waals surface area contributed by atoms with Crippen molar-refractivity contribution in [3.05, 3.63) is 33.4 Å². The lowest BCUT2D eigenvalue weighted by Gasteiger charge is -2.21. The number of thioether (sulfide) groups is 1. The van der Waals surface area contributed by atoms with E-state index in [0.29, 0.717) is 5.56 Å². The molecule has 1 amide bonds. The standard InChI is InChI=1S/C12H16INO2S/c1-8(11(7-15)17-2)14-12(16)9-4-3-5-10(13)6-9/h3-6,8,11,15H,7H2,1-2H3,(H,14,16). The molecule has 0 aromatic heterocycles. The van der Waals surface area contributed by atoms with Crippen molar-refractivity contribution in [1.82, 2.24) is 5.32 Å². The summed E-state index contributed by atoms with van der Waals surface area (Å²) in [4.78, 5) is 11.9. The molecular weight excluding hydrogens is 349 g/mol. The third-order valence-corrected chi connectivity index (χ3v) is 4.32. The Bertz CT molecular complexity index is 383. The first kappa shape index (κ1) is 14.8. The summed E-state index contributed by atoms with van der Waals surface area (Å²) in [5.41, 5.74) is 0.654. The van der Waals surface area contributed by atoms with E-state index in [-0.39, 0.29) is 23.8 Å². The Morgan fingerprint density at radius 1 is 1.59 bits per heavy atom. The molecule has 0 saturated heterocycles. The summed E-state index contributed by atoms with van der Waals surface area (Å²) >= 11 is 3.73. The number of amides is 1. The van der Waals surface area contributed by atoms with Gasteiger partial charge < -0.3 is 10.4 Å². The van der Waals surface area contributed by atoms with Gasteiger partial charge in [0.05, 0.1) is 6.61 Å². The van der Waals surface area contributed by atoms with E-state index < -0.39 is 0 Å². The molecule has 0 fully saturated rings. The third kappa shape index (κ3) is 4.48. The Morgan fingerprint density at radius 2 is 2.29 bits per heavy atom. The van der Waals surface area contributed by atoms with Crippen molar-refractivity contribution in [1.29, 1.82) is 0 Å². The third-order valence-electron chi connectivity index (χ3n) is 2.49. The summed E-state index contributed by atoms with van der Waals surface area (Å²) in [6.45, 7) is 1.97. The highest BCUT2D eigenvalue weighted by Gasteiger charge is 2.18. The van der Waals surface area contributed by atoms with Crippen LogP contribution in [0.3, 0.4) is 0 Å². The van der Waals surface area contributed by atoms with Crippen molar-refractivity contribution in [2.24, 2.45) is 0 Å². The average Bonchev–Trinajstić information content (AvgIpc) is 2.30. The molecule has 1 aromatic carbocycles. The van der Waals surface area contributed by atoms with Gasteiger partial charge in [0, 0.05) is 20.4 Å². The van der Waals surface area contributed by atoms with Gasteiger partial charge in [-0.2, -0.15) is 11.8 Å². The maximum absolute atomic E-state index is 11.9. The largest absolute Gasteiger partial charge is 0.395 e. The quantitative estimate of drug-likeness (QED) is 0.787. The minimum Gasteiger partial charge on any atom is -0.395 e. The number of aliphatic hydroxyl groups excluding tert-OH is 1. The molecule has 0 saturated carbocycles. The van der Waals surface area contributed by atoms with Gasteiger partial charge in [0.15, 0.2) is 0 Å². The van der Waals surface area contributed by atoms with E-state index in [1.807, 2.05) is 31.4 Å². The number of carbonyl (C=O) groups is 1. The van der Waals surface area contributed by atoms with Crippen LogP contribution in [0.4, 0.5) is 0 Å². The van der Waals surface area contributed by atoms with Crippen molar-refractivity contribution >= 4 is 40.3 Å². The van der Waals surface area contributed by atoms with Gasteiger partial charge in [0.25, 0.3) is 5.91 Å². The molecule has 3 nitrogen and oxygen atoms in total. The molecule has 1 aromatic rings. The Hall–Kier alpha value is -0.270. The van der Waals surface area contributed by atoms with E-state index in [2.05, 4.69) is 27.9 Å².